The van der Waals surface area contributed by atoms with Crippen LogP contribution in [0.25, 0.3) is 0 Å². The Morgan fingerprint density at radius 3 is 2.46 bits per heavy atom. The van der Waals surface area contributed by atoms with Gasteiger partial charge in [0.15, 0.2) is 17.9 Å². The second-order valence-corrected chi connectivity index (χ2v) is 5.03. The fourth-order valence-electron chi connectivity index (χ4n) is 1.89. The van der Waals surface area contributed by atoms with Gasteiger partial charge in [-0.25, -0.2) is 4.39 Å². The van der Waals surface area contributed by atoms with Gasteiger partial charge in [0.25, 0.3) is 0 Å². The molecular formula is C16H11ClF4O3. The van der Waals surface area contributed by atoms with Crippen LogP contribution in [-0.4, -0.2) is 12.9 Å². The van der Waals surface area contributed by atoms with Gasteiger partial charge in [0, 0.05) is 6.07 Å². The summed E-state index contributed by atoms with van der Waals surface area (Å²) in [6.45, 7) is 1.98. The van der Waals surface area contributed by atoms with E-state index in [4.69, 9.17) is 21.1 Å². The number of rotatable bonds is 5. The number of benzene rings is 2. The highest BCUT2D eigenvalue weighted by molar-refractivity contribution is 6.32. The third-order valence-corrected chi connectivity index (χ3v) is 3.24. The number of alkyl halides is 3. The lowest BCUT2D eigenvalue weighted by molar-refractivity contribution is -0.137. The first kappa shape index (κ1) is 18.1. The second kappa shape index (κ2) is 7.09. The summed E-state index contributed by atoms with van der Waals surface area (Å²) < 4.78 is 62.2. The van der Waals surface area contributed by atoms with E-state index in [2.05, 4.69) is 0 Å². The van der Waals surface area contributed by atoms with Crippen molar-refractivity contribution >= 4 is 17.9 Å². The van der Waals surface area contributed by atoms with Crippen molar-refractivity contribution in [2.24, 2.45) is 0 Å². The van der Waals surface area contributed by atoms with Gasteiger partial charge in [-0.05, 0) is 31.2 Å². The van der Waals surface area contributed by atoms with Crippen LogP contribution >= 0.6 is 11.6 Å². The topological polar surface area (TPSA) is 35.5 Å². The van der Waals surface area contributed by atoms with Crippen LogP contribution in [0.3, 0.4) is 0 Å². The Bertz CT molecular complexity index is 736. The van der Waals surface area contributed by atoms with Crippen molar-refractivity contribution < 1.29 is 31.8 Å². The van der Waals surface area contributed by atoms with E-state index in [-0.39, 0.29) is 23.7 Å². The molecule has 2 rings (SSSR count). The maximum Gasteiger partial charge on any atom is 0.416 e. The van der Waals surface area contributed by atoms with Crippen LogP contribution in [-0.2, 0) is 6.18 Å². The number of carbonyl (C=O) groups is 1. The average molecular weight is 363 g/mol. The molecule has 2 aromatic carbocycles. The second-order valence-electron chi connectivity index (χ2n) is 4.62. The average Bonchev–Trinajstić information content (AvgIpc) is 2.50. The van der Waals surface area contributed by atoms with Gasteiger partial charge in [0.1, 0.15) is 11.5 Å². The van der Waals surface area contributed by atoms with Crippen molar-refractivity contribution in [3.8, 4) is 17.2 Å². The van der Waals surface area contributed by atoms with Gasteiger partial charge < -0.3 is 9.47 Å². The smallest absolute Gasteiger partial charge is 0.416 e. The van der Waals surface area contributed by atoms with Gasteiger partial charge in [-0.3, -0.25) is 4.79 Å². The molecule has 0 amide bonds. The molecule has 2 aromatic rings. The first-order valence-corrected chi connectivity index (χ1v) is 7.10. The van der Waals surface area contributed by atoms with Crippen LogP contribution in [0, 0.1) is 5.82 Å². The summed E-state index contributed by atoms with van der Waals surface area (Å²) in [5.74, 6) is -1.55. The Labute approximate surface area is 139 Å². The van der Waals surface area contributed by atoms with Crippen molar-refractivity contribution in [3.63, 3.8) is 0 Å². The molecule has 0 fully saturated rings. The highest BCUT2D eigenvalue weighted by Crippen LogP contribution is 2.39. The summed E-state index contributed by atoms with van der Waals surface area (Å²) in [6, 6.07) is 4.91. The normalized spacial score (nSPS) is 11.2. The summed E-state index contributed by atoms with van der Waals surface area (Å²) in [5, 5.41) is -0.528. The van der Waals surface area contributed by atoms with E-state index in [0.29, 0.717) is 18.4 Å². The lowest BCUT2D eigenvalue weighted by atomic mass is 10.2. The van der Waals surface area contributed by atoms with Gasteiger partial charge in [-0.1, -0.05) is 11.6 Å². The Morgan fingerprint density at radius 2 is 1.92 bits per heavy atom. The minimum Gasteiger partial charge on any atom is -0.493 e. The minimum absolute atomic E-state index is 0.0598. The highest BCUT2D eigenvalue weighted by atomic mass is 35.5. The van der Waals surface area contributed by atoms with Crippen LogP contribution in [0.5, 0.6) is 17.2 Å². The molecule has 0 N–H and O–H groups in total. The first-order chi connectivity index (χ1) is 11.3. The molecule has 0 spiro atoms. The fourth-order valence-corrected chi connectivity index (χ4v) is 2.14. The summed E-state index contributed by atoms with van der Waals surface area (Å²) >= 11 is 5.70. The minimum atomic E-state index is -4.73. The monoisotopic (exact) mass is 362 g/mol. The van der Waals surface area contributed by atoms with Crippen LogP contribution in [0.1, 0.15) is 22.8 Å². The van der Waals surface area contributed by atoms with E-state index in [0.717, 1.165) is 0 Å². The van der Waals surface area contributed by atoms with Crippen LogP contribution < -0.4 is 9.47 Å². The molecule has 0 radical (unpaired) electrons. The zero-order valence-electron chi connectivity index (χ0n) is 12.3. The molecule has 0 aliphatic carbocycles. The van der Waals surface area contributed by atoms with E-state index in [9.17, 15) is 22.4 Å². The predicted octanol–water partition coefficient (Wildman–Crippen LogP) is 5.50. The summed E-state index contributed by atoms with van der Waals surface area (Å²) in [4.78, 5) is 10.9. The summed E-state index contributed by atoms with van der Waals surface area (Å²) in [5.41, 5.74) is -0.966. The molecule has 0 bridgehead atoms. The number of halogens is 5. The van der Waals surface area contributed by atoms with Crippen LogP contribution in [0.4, 0.5) is 17.6 Å². The molecule has 0 aliphatic rings. The standard InChI is InChI=1S/C16H11ClF4O3/c1-2-23-14-7-11(4-3-9(14)8-22)24-15-12(17)5-10(6-13(15)18)16(19,20)21/h3-8H,2H2,1H3. The number of carbonyl (C=O) groups excluding carboxylic acids is 1. The summed E-state index contributed by atoms with van der Waals surface area (Å²) in [7, 11) is 0. The lowest BCUT2D eigenvalue weighted by Gasteiger charge is -2.13. The summed E-state index contributed by atoms with van der Waals surface area (Å²) in [6.07, 6.45) is -4.16. The molecule has 128 valence electrons. The van der Waals surface area contributed by atoms with Gasteiger partial charge >= 0.3 is 6.18 Å². The number of aldehydes is 1. The third-order valence-electron chi connectivity index (χ3n) is 2.96. The van der Waals surface area contributed by atoms with Gasteiger partial charge in [-0.15, -0.1) is 0 Å². The van der Waals surface area contributed by atoms with Crippen molar-refractivity contribution in [1.82, 2.24) is 0 Å². The molecule has 0 saturated carbocycles. The molecule has 24 heavy (non-hydrogen) atoms. The molecule has 0 atom stereocenters. The third kappa shape index (κ3) is 3.97. The maximum atomic E-state index is 13.9. The van der Waals surface area contributed by atoms with E-state index in [1.54, 1.807) is 6.92 Å². The molecule has 0 unspecified atom stereocenters. The van der Waals surface area contributed by atoms with Gasteiger partial charge in [0.2, 0.25) is 0 Å². The number of ether oxygens (including phenoxy) is 2. The fraction of sp³-hybridized carbons (Fsp3) is 0.188. The van der Waals surface area contributed by atoms with Crippen LogP contribution in [0.2, 0.25) is 5.02 Å². The van der Waals surface area contributed by atoms with Crippen molar-refractivity contribution in [2.75, 3.05) is 6.61 Å². The Kier molecular flexibility index (Phi) is 5.33. The zero-order valence-corrected chi connectivity index (χ0v) is 13.0. The van der Waals surface area contributed by atoms with Gasteiger partial charge in [0.05, 0.1) is 22.8 Å². The van der Waals surface area contributed by atoms with Crippen molar-refractivity contribution in [3.05, 3.63) is 52.3 Å². The molecule has 0 aromatic heterocycles. The zero-order chi connectivity index (χ0) is 17.9. The maximum absolute atomic E-state index is 13.9. The Hall–Kier alpha value is -2.28. The Balaban J connectivity index is 2.38. The van der Waals surface area contributed by atoms with Crippen LogP contribution in [0.15, 0.2) is 30.3 Å². The molecule has 3 nitrogen and oxygen atoms in total. The molecule has 8 heteroatoms. The van der Waals surface area contributed by atoms with Gasteiger partial charge in [-0.2, -0.15) is 13.2 Å². The number of hydrogen-bond donors (Lipinski definition) is 0. The van der Waals surface area contributed by atoms with E-state index >= 15 is 0 Å². The molecule has 0 heterocycles. The van der Waals surface area contributed by atoms with E-state index in [1.165, 1.54) is 18.2 Å². The molecule has 0 aliphatic heterocycles. The lowest BCUT2D eigenvalue weighted by Crippen LogP contribution is -2.06. The van der Waals surface area contributed by atoms with E-state index < -0.39 is 28.3 Å². The molecular weight excluding hydrogens is 352 g/mol. The van der Waals surface area contributed by atoms with Crippen molar-refractivity contribution in [1.29, 1.82) is 0 Å². The quantitative estimate of drug-likeness (QED) is 0.520. The van der Waals surface area contributed by atoms with Crippen molar-refractivity contribution in [2.45, 2.75) is 13.1 Å². The first-order valence-electron chi connectivity index (χ1n) is 6.72. The predicted molar refractivity (Wildman–Crippen MR) is 79.5 cm³/mol. The van der Waals surface area contributed by atoms with E-state index in [1.807, 2.05) is 0 Å². The SMILES string of the molecule is CCOc1cc(Oc2c(F)cc(C(F)(F)F)cc2Cl)ccc1C=O. The highest BCUT2D eigenvalue weighted by Gasteiger charge is 2.32. The largest absolute Gasteiger partial charge is 0.493 e. The Morgan fingerprint density at radius 1 is 1.21 bits per heavy atom. The number of hydrogen-bond acceptors (Lipinski definition) is 3. The molecule has 0 saturated heterocycles.